The normalized spacial score (nSPS) is 11.6. The highest BCUT2D eigenvalue weighted by Crippen LogP contribution is 2.48. The van der Waals surface area contributed by atoms with Gasteiger partial charge in [0.1, 0.15) is 5.82 Å². The fourth-order valence-corrected chi connectivity index (χ4v) is 6.71. The topological polar surface area (TPSA) is 43.4 Å². The number of hydrogen-bond donors (Lipinski definition) is 0. The number of halogens is 1. The molecule has 0 aliphatic heterocycles. The molecule has 31 heavy (non-hydrogen) atoms. The Morgan fingerprint density at radius 3 is 2.39 bits per heavy atom. The van der Waals surface area contributed by atoms with E-state index in [1.54, 1.807) is 12.1 Å². The van der Waals surface area contributed by atoms with Gasteiger partial charge in [0.15, 0.2) is 0 Å². The number of benzene rings is 2. The highest BCUT2D eigenvalue weighted by molar-refractivity contribution is 7.90. The molecule has 0 N–H and O–H groups in total. The Hall–Kier alpha value is -3.25. The van der Waals surface area contributed by atoms with Crippen LogP contribution >= 0.6 is 22.7 Å². The van der Waals surface area contributed by atoms with Gasteiger partial charge < -0.3 is 0 Å². The second kappa shape index (κ2) is 7.46. The molecule has 0 saturated carbocycles. The van der Waals surface area contributed by atoms with Gasteiger partial charge in [0.25, 0.3) is 10.0 Å². The minimum Gasteiger partial charge on any atom is -0.232 e. The number of fused-ring (bicyclic) bond motifs is 1. The smallest absolute Gasteiger partial charge is 0.232 e. The molecule has 4 nitrogen and oxygen atoms in total. The summed E-state index contributed by atoms with van der Waals surface area (Å²) in [6.45, 7) is 7.57. The van der Waals surface area contributed by atoms with E-state index in [2.05, 4.69) is 4.85 Å². The highest BCUT2D eigenvalue weighted by Gasteiger charge is 2.30. The molecule has 3 heterocycles. The van der Waals surface area contributed by atoms with E-state index in [0.29, 0.717) is 27.3 Å². The van der Waals surface area contributed by atoms with Gasteiger partial charge in [-0.05, 0) is 47.2 Å². The molecule has 152 valence electrons. The van der Waals surface area contributed by atoms with Crippen LogP contribution in [-0.4, -0.2) is 12.4 Å². The standard InChI is InChI=1S/C23H13FN2O2S3/c1-25-23-18(12-14-30-23)21-17-5-2-3-6-19(17)26(22(21)20-7-4-13-29-20)31(27,28)16-10-8-15(24)9-11-16/h2-14H. The quantitative estimate of drug-likeness (QED) is 0.268. The first-order valence-electron chi connectivity index (χ1n) is 9.16. The van der Waals surface area contributed by atoms with E-state index in [1.165, 1.54) is 38.8 Å². The van der Waals surface area contributed by atoms with Crippen LogP contribution in [0, 0.1) is 12.4 Å². The summed E-state index contributed by atoms with van der Waals surface area (Å²) in [5, 5.41) is 4.95. The lowest BCUT2D eigenvalue weighted by atomic mass is 10.0. The van der Waals surface area contributed by atoms with Crippen LogP contribution < -0.4 is 0 Å². The minimum absolute atomic E-state index is 0.00488. The van der Waals surface area contributed by atoms with Crippen molar-refractivity contribution in [2.24, 2.45) is 0 Å². The lowest BCUT2D eigenvalue weighted by molar-refractivity contribution is 0.588. The number of para-hydroxylation sites is 1. The summed E-state index contributed by atoms with van der Waals surface area (Å²) in [7, 11) is -4.05. The van der Waals surface area contributed by atoms with Crippen molar-refractivity contribution >= 4 is 48.6 Å². The molecule has 0 aliphatic carbocycles. The molecule has 0 saturated heterocycles. The van der Waals surface area contributed by atoms with Crippen molar-refractivity contribution in [1.82, 2.24) is 3.97 Å². The molecule has 8 heteroatoms. The Morgan fingerprint density at radius 2 is 1.68 bits per heavy atom. The van der Waals surface area contributed by atoms with Crippen molar-refractivity contribution in [3.05, 3.63) is 94.7 Å². The zero-order chi connectivity index (χ0) is 21.6. The maximum absolute atomic E-state index is 13.8. The van der Waals surface area contributed by atoms with E-state index < -0.39 is 15.8 Å². The Balaban J connectivity index is 1.96. The Kier molecular flexibility index (Phi) is 4.74. The second-order valence-corrected chi connectivity index (χ2v) is 10.3. The maximum Gasteiger partial charge on any atom is 0.268 e. The minimum atomic E-state index is -4.05. The van der Waals surface area contributed by atoms with E-state index in [9.17, 15) is 12.8 Å². The molecule has 0 bridgehead atoms. The third-order valence-corrected chi connectivity index (χ3v) is 8.37. The average Bonchev–Trinajstić information content (AvgIpc) is 3.51. The summed E-state index contributed by atoms with van der Waals surface area (Å²) in [5.74, 6) is -0.504. The van der Waals surface area contributed by atoms with Gasteiger partial charge >= 0.3 is 0 Å². The summed E-state index contributed by atoms with van der Waals surface area (Å²) in [4.78, 5) is 4.41. The number of aromatic nitrogens is 1. The van der Waals surface area contributed by atoms with Crippen LogP contribution in [0.25, 0.3) is 37.4 Å². The number of hydrogen-bond acceptors (Lipinski definition) is 4. The van der Waals surface area contributed by atoms with Crippen LogP contribution in [0.5, 0.6) is 0 Å². The van der Waals surface area contributed by atoms with Gasteiger partial charge in [-0.25, -0.2) is 21.6 Å². The van der Waals surface area contributed by atoms with Gasteiger partial charge in [0, 0.05) is 16.5 Å². The molecule has 5 aromatic rings. The van der Waals surface area contributed by atoms with Crippen molar-refractivity contribution in [3.8, 4) is 21.7 Å². The highest BCUT2D eigenvalue weighted by atomic mass is 32.2. The molecule has 0 fully saturated rings. The van der Waals surface area contributed by atoms with Gasteiger partial charge in [0.2, 0.25) is 5.00 Å². The van der Waals surface area contributed by atoms with Gasteiger partial charge in [0.05, 0.1) is 27.6 Å². The zero-order valence-corrected chi connectivity index (χ0v) is 18.3. The average molecular weight is 465 g/mol. The van der Waals surface area contributed by atoms with Crippen molar-refractivity contribution < 1.29 is 12.8 Å². The van der Waals surface area contributed by atoms with Gasteiger partial charge in [-0.2, -0.15) is 11.3 Å². The van der Waals surface area contributed by atoms with Gasteiger partial charge in [-0.15, -0.1) is 11.3 Å². The van der Waals surface area contributed by atoms with Crippen molar-refractivity contribution in [3.63, 3.8) is 0 Å². The summed E-state index contributed by atoms with van der Waals surface area (Å²) in [5.41, 5.74) is 2.42. The summed E-state index contributed by atoms with van der Waals surface area (Å²) in [6, 6.07) is 17.6. The van der Waals surface area contributed by atoms with Crippen molar-refractivity contribution in [2.45, 2.75) is 4.90 Å². The third-order valence-electron chi connectivity index (χ3n) is 4.95. The lowest BCUT2D eigenvalue weighted by Crippen LogP contribution is -2.14. The third kappa shape index (κ3) is 3.10. The zero-order valence-electron chi connectivity index (χ0n) is 15.8. The molecule has 0 unspecified atom stereocenters. The molecule has 5 rings (SSSR count). The van der Waals surface area contributed by atoms with Crippen LogP contribution in [0.3, 0.4) is 0 Å². The molecule has 0 aliphatic rings. The van der Waals surface area contributed by atoms with Crippen LogP contribution in [0.1, 0.15) is 0 Å². The van der Waals surface area contributed by atoms with E-state index in [1.807, 2.05) is 41.1 Å². The summed E-state index contributed by atoms with van der Waals surface area (Å²) in [6.07, 6.45) is 0. The number of thiophene rings is 2. The first-order valence-corrected chi connectivity index (χ1v) is 12.4. The monoisotopic (exact) mass is 464 g/mol. The predicted molar refractivity (Wildman–Crippen MR) is 124 cm³/mol. The second-order valence-electron chi connectivity index (χ2n) is 6.69. The molecular formula is C23H13FN2O2S3. The van der Waals surface area contributed by atoms with E-state index >= 15 is 0 Å². The maximum atomic E-state index is 13.8. The molecule has 2 aromatic carbocycles. The Morgan fingerprint density at radius 1 is 0.903 bits per heavy atom. The lowest BCUT2D eigenvalue weighted by Gasteiger charge is -2.12. The van der Waals surface area contributed by atoms with Crippen LogP contribution in [0.15, 0.2) is 82.4 Å². The first-order chi connectivity index (χ1) is 15.0. The van der Waals surface area contributed by atoms with Crippen molar-refractivity contribution in [1.29, 1.82) is 0 Å². The molecule has 0 amide bonds. The largest absolute Gasteiger partial charge is 0.268 e. The number of nitrogens with zero attached hydrogens (tertiary/aromatic N) is 2. The fraction of sp³-hybridized carbons (Fsp3) is 0. The van der Waals surface area contributed by atoms with Gasteiger partial charge in [-0.1, -0.05) is 30.3 Å². The van der Waals surface area contributed by atoms with E-state index in [0.717, 1.165) is 22.4 Å². The van der Waals surface area contributed by atoms with Crippen molar-refractivity contribution in [2.75, 3.05) is 0 Å². The summed E-state index contributed by atoms with van der Waals surface area (Å²) >= 11 is 2.75. The molecule has 3 aromatic heterocycles. The first kappa shape index (κ1) is 19.7. The van der Waals surface area contributed by atoms with Crippen LogP contribution in [0.4, 0.5) is 9.39 Å². The van der Waals surface area contributed by atoms with E-state index in [-0.39, 0.29) is 4.90 Å². The van der Waals surface area contributed by atoms with Crippen LogP contribution in [0.2, 0.25) is 0 Å². The Bertz CT molecular complexity index is 1560. The summed E-state index contributed by atoms with van der Waals surface area (Å²) < 4.78 is 42.4. The van der Waals surface area contributed by atoms with E-state index in [4.69, 9.17) is 6.57 Å². The molecular weight excluding hydrogens is 451 g/mol. The molecule has 0 spiro atoms. The van der Waals surface area contributed by atoms with Crippen LogP contribution in [-0.2, 0) is 10.0 Å². The Labute approximate surface area is 186 Å². The number of rotatable bonds is 4. The fourth-order valence-electron chi connectivity index (χ4n) is 3.66. The SMILES string of the molecule is [C-]#[N+]c1sccc1-c1c(-c2cccs2)n(S(=O)(=O)c2ccc(F)cc2)c2ccccc12. The predicted octanol–water partition coefficient (Wildman–Crippen LogP) is 7.03. The molecule has 0 radical (unpaired) electrons. The molecule has 0 atom stereocenters. The van der Waals surface area contributed by atoms with Gasteiger partial charge in [-0.3, -0.25) is 0 Å².